The van der Waals surface area contributed by atoms with E-state index < -0.39 is 39.5 Å². The van der Waals surface area contributed by atoms with Crippen molar-refractivity contribution in [3.05, 3.63) is 83.8 Å². The molecule has 1 amide bonds. The van der Waals surface area contributed by atoms with E-state index in [1.165, 1.54) is 30.5 Å². The van der Waals surface area contributed by atoms with E-state index in [2.05, 4.69) is 10.3 Å². The summed E-state index contributed by atoms with van der Waals surface area (Å²) in [5.74, 6) is -1.15. The fourth-order valence-electron chi connectivity index (χ4n) is 4.12. The smallest absolute Gasteiger partial charge is 0.351 e. The molecule has 0 saturated heterocycles. The molecule has 0 aliphatic heterocycles. The van der Waals surface area contributed by atoms with Crippen LogP contribution in [0.3, 0.4) is 0 Å². The number of alkyl halides is 3. The van der Waals surface area contributed by atoms with Crippen molar-refractivity contribution in [2.45, 2.75) is 43.4 Å². The fraction of sp³-hybridized carbons (Fsp3) is 0.308. The first-order valence-electron chi connectivity index (χ1n) is 11.7. The maximum absolute atomic E-state index is 13.3. The Balaban J connectivity index is 1.49. The minimum atomic E-state index is -4.44. The van der Waals surface area contributed by atoms with Gasteiger partial charge in [0.15, 0.2) is 0 Å². The summed E-state index contributed by atoms with van der Waals surface area (Å²) in [5, 5.41) is 2.79. The zero-order valence-electron chi connectivity index (χ0n) is 19.9. The zero-order chi connectivity index (χ0) is 26.8. The standard InChI is InChI=1S/C26H25F4N3O3S/c1-2-33(37(35,36)22-11-9-21(27)10-12-22)24(19-3-4-19)25(34)32-16-17-13-14-31-23(15-17)18-5-7-20(8-6-18)26(28,29)30/h5-15,19,24H,2-4,16H2,1H3,(H,32,34). The summed E-state index contributed by atoms with van der Waals surface area (Å²) in [6, 6.07) is 11.5. The first-order chi connectivity index (χ1) is 17.5. The van der Waals surface area contributed by atoms with Gasteiger partial charge in [-0.1, -0.05) is 19.1 Å². The Kier molecular flexibility index (Phi) is 7.65. The monoisotopic (exact) mass is 535 g/mol. The van der Waals surface area contributed by atoms with Crippen LogP contribution in [0.15, 0.2) is 71.8 Å². The van der Waals surface area contributed by atoms with E-state index in [4.69, 9.17) is 0 Å². The van der Waals surface area contributed by atoms with Gasteiger partial charge in [-0.25, -0.2) is 12.8 Å². The van der Waals surface area contributed by atoms with E-state index >= 15 is 0 Å². The number of likely N-dealkylation sites (N-methyl/N-ethyl adjacent to an activating group) is 1. The average molecular weight is 536 g/mol. The number of sulfonamides is 1. The molecule has 1 atom stereocenters. The molecule has 1 saturated carbocycles. The molecule has 0 radical (unpaired) electrons. The Hall–Kier alpha value is -3.31. The van der Waals surface area contributed by atoms with Gasteiger partial charge in [0.05, 0.1) is 16.2 Å². The van der Waals surface area contributed by atoms with Crippen LogP contribution in [0.2, 0.25) is 0 Å². The van der Waals surface area contributed by atoms with Crippen LogP contribution in [0, 0.1) is 11.7 Å². The van der Waals surface area contributed by atoms with Gasteiger partial charge in [0, 0.05) is 24.8 Å². The topological polar surface area (TPSA) is 79.4 Å². The predicted octanol–water partition coefficient (Wildman–Crippen LogP) is 5.01. The highest BCUT2D eigenvalue weighted by Crippen LogP contribution is 2.37. The molecule has 37 heavy (non-hydrogen) atoms. The lowest BCUT2D eigenvalue weighted by molar-refractivity contribution is -0.137. The van der Waals surface area contributed by atoms with Gasteiger partial charge in [0.1, 0.15) is 11.9 Å². The number of benzene rings is 2. The quantitative estimate of drug-likeness (QED) is 0.391. The van der Waals surface area contributed by atoms with Crippen LogP contribution in [0.1, 0.15) is 30.9 Å². The number of halogens is 4. The lowest BCUT2D eigenvalue weighted by atomic mass is 10.1. The molecule has 6 nitrogen and oxygen atoms in total. The zero-order valence-corrected chi connectivity index (χ0v) is 20.7. The molecule has 1 unspecified atom stereocenters. The minimum absolute atomic E-state index is 0.0572. The third-order valence-electron chi connectivity index (χ3n) is 6.18. The number of carbonyl (C=O) groups is 1. The molecule has 196 valence electrons. The van der Waals surface area contributed by atoms with Crippen molar-refractivity contribution in [2.24, 2.45) is 5.92 Å². The van der Waals surface area contributed by atoms with Gasteiger partial charge in [-0.15, -0.1) is 0 Å². The Morgan fingerprint density at radius 2 is 1.73 bits per heavy atom. The number of hydrogen-bond acceptors (Lipinski definition) is 4. The molecule has 1 aliphatic carbocycles. The van der Waals surface area contributed by atoms with Crippen LogP contribution in [-0.4, -0.2) is 36.2 Å². The normalized spacial score (nSPS) is 15.0. The number of rotatable bonds is 9. The van der Waals surface area contributed by atoms with Gasteiger partial charge >= 0.3 is 6.18 Å². The van der Waals surface area contributed by atoms with Crippen LogP contribution >= 0.6 is 0 Å². The second kappa shape index (κ2) is 10.6. The summed E-state index contributed by atoms with van der Waals surface area (Å²) in [6.07, 6.45) is -1.53. The summed E-state index contributed by atoms with van der Waals surface area (Å²) in [7, 11) is -4.04. The Morgan fingerprint density at radius 3 is 2.30 bits per heavy atom. The summed E-state index contributed by atoms with van der Waals surface area (Å²) >= 11 is 0. The van der Waals surface area contributed by atoms with Crippen molar-refractivity contribution in [1.29, 1.82) is 0 Å². The van der Waals surface area contributed by atoms with Crippen molar-refractivity contribution in [3.63, 3.8) is 0 Å². The third kappa shape index (κ3) is 6.16. The number of carbonyl (C=O) groups excluding carboxylic acids is 1. The van der Waals surface area contributed by atoms with Gasteiger partial charge in [-0.3, -0.25) is 9.78 Å². The Morgan fingerprint density at radius 1 is 1.08 bits per heavy atom. The minimum Gasteiger partial charge on any atom is -0.351 e. The molecule has 1 fully saturated rings. The number of pyridine rings is 1. The number of amides is 1. The molecule has 1 N–H and O–H groups in total. The summed E-state index contributed by atoms with van der Waals surface area (Å²) in [5.41, 5.74) is 0.812. The number of aromatic nitrogens is 1. The van der Waals surface area contributed by atoms with Crippen LogP contribution in [-0.2, 0) is 27.5 Å². The summed E-state index contributed by atoms with van der Waals surface area (Å²) in [6.45, 7) is 1.77. The molecule has 2 aromatic carbocycles. The largest absolute Gasteiger partial charge is 0.416 e. The number of nitrogens with zero attached hydrogens (tertiary/aromatic N) is 2. The SMILES string of the molecule is CCN(C(C(=O)NCc1ccnc(-c2ccc(C(F)(F)F)cc2)c1)C1CC1)S(=O)(=O)c1ccc(F)cc1. The molecule has 1 aliphatic rings. The molecule has 3 aromatic rings. The molecule has 4 rings (SSSR count). The van der Waals surface area contributed by atoms with Gasteiger partial charge < -0.3 is 5.32 Å². The molecule has 0 spiro atoms. The van der Waals surface area contributed by atoms with Gasteiger partial charge in [0.25, 0.3) is 0 Å². The molecule has 1 aromatic heterocycles. The van der Waals surface area contributed by atoms with Crippen molar-refractivity contribution in [2.75, 3.05) is 6.54 Å². The highest BCUT2D eigenvalue weighted by Gasteiger charge is 2.44. The van der Waals surface area contributed by atoms with Gasteiger partial charge in [0.2, 0.25) is 15.9 Å². The Labute approximate surface area is 212 Å². The highest BCUT2D eigenvalue weighted by atomic mass is 32.2. The number of nitrogens with one attached hydrogen (secondary N) is 1. The maximum Gasteiger partial charge on any atom is 0.416 e. The van der Waals surface area contributed by atoms with Crippen LogP contribution in [0.5, 0.6) is 0 Å². The van der Waals surface area contributed by atoms with Crippen LogP contribution < -0.4 is 5.32 Å². The van der Waals surface area contributed by atoms with E-state index in [9.17, 15) is 30.8 Å². The van der Waals surface area contributed by atoms with E-state index in [1.54, 1.807) is 19.1 Å². The van der Waals surface area contributed by atoms with Gasteiger partial charge in [-0.05, 0) is 72.9 Å². The van der Waals surface area contributed by atoms with Gasteiger partial charge in [-0.2, -0.15) is 17.5 Å². The molecule has 11 heteroatoms. The fourth-order valence-corrected chi connectivity index (χ4v) is 5.77. The van der Waals surface area contributed by atoms with Crippen molar-refractivity contribution in [3.8, 4) is 11.3 Å². The van der Waals surface area contributed by atoms with Crippen molar-refractivity contribution >= 4 is 15.9 Å². The third-order valence-corrected chi connectivity index (χ3v) is 8.15. The Bertz CT molecular complexity index is 1360. The second-order valence-corrected chi connectivity index (χ2v) is 10.7. The van der Waals surface area contributed by atoms with Crippen molar-refractivity contribution in [1.82, 2.24) is 14.6 Å². The molecule has 1 heterocycles. The van der Waals surface area contributed by atoms with E-state index in [0.29, 0.717) is 29.7 Å². The molecular formula is C26H25F4N3O3S. The highest BCUT2D eigenvalue weighted by molar-refractivity contribution is 7.89. The lowest BCUT2D eigenvalue weighted by Crippen LogP contribution is -2.50. The average Bonchev–Trinajstić information content (AvgIpc) is 3.71. The van der Waals surface area contributed by atoms with Crippen LogP contribution in [0.4, 0.5) is 17.6 Å². The first-order valence-corrected chi connectivity index (χ1v) is 13.1. The molecular weight excluding hydrogens is 510 g/mol. The van der Waals surface area contributed by atoms with E-state index in [1.807, 2.05) is 0 Å². The maximum atomic E-state index is 13.3. The number of hydrogen-bond donors (Lipinski definition) is 1. The summed E-state index contributed by atoms with van der Waals surface area (Å²) in [4.78, 5) is 17.3. The van der Waals surface area contributed by atoms with Crippen molar-refractivity contribution < 1.29 is 30.8 Å². The second-order valence-electron chi connectivity index (χ2n) is 8.79. The lowest BCUT2D eigenvalue weighted by Gasteiger charge is -2.29. The predicted molar refractivity (Wildman–Crippen MR) is 129 cm³/mol. The van der Waals surface area contributed by atoms with Crippen LogP contribution in [0.25, 0.3) is 11.3 Å². The first kappa shape index (κ1) is 26.7. The summed E-state index contributed by atoms with van der Waals surface area (Å²) < 4.78 is 79.5. The van der Waals surface area contributed by atoms with E-state index in [0.717, 1.165) is 28.6 Å². The van der Waals surface area contributed by atoms with E-state index in [-0.39, 0.29) is 23.9 Å². The molecule has 0 bridgehead atoms.